The van der Waals surface area contributed by atoms with Gasteiger partial charge in [0, 0.05) is 6.42 Å². The topological polar surface area (TPSA) is 17.1 Å². The number of Topliss-reactive ketones (excluding diaryl/α,β-unsaturated/α-hetero) is 1. The maximum atomic E-state index is 12.3. The lowest BCUT2D eigenvalue weighted by atomic mass is 10.1. The third-order valence-corrected chi connectivity index (χ3v) is 2.66. The predicted octanol–water partition coefficient (Wildman–Crippen LogP) is 4.39. The molecule has 84 valence electrons. The molecule has 0 aliphatic carbocycles. The Balaban J connectivity index is 2.96. The molecule has 0 amide bonds. The standard InChI is InChI=1S/C11H20BrFO/c1-10(14)8-6-4-2-3-5-7-9-11(12)13/h11H,2-9H2,1H3/t11-/m1/s1. The zero-order valence-corrected chi connectivity index (χ0v) is 10.5. The number of hydrogen-bond donors (Lipinski definition) is 0. The fourth-order valence-corrected chi connectivity index (χ4v) is 1.70. The Morgan fingerprint density at radius 2 is 1.64 bits per heavy atom. The molecule has 0 unspecified atom stereocenters. The minimum atomic E-state index is -0.833. The average molecular weight is 267 g/mol. The molecule has 0 bridgehead atoms. The van der Waals surface area contributed by atoms with E-state index >= 15 is 0 Å². The molecule has 14 heavy (non-hydrogen) atoms. The molecule has 0 N–H and O–H groups in total. The lowest BCUT2D eigenvalue weighted by Crippen LogP contribution is -1.90. The first-order chi connectivity index (χ1) is 6.63. The summed E-state index contributed by atoms with van der Waals surface area (Å²) in [6.07, 6.45) is 7.88. The predicted molar refractivity (Wildman–Crippen MR) is 61.4 cm³/mol. The highest BCUT2D eigenvalue weighted by molar-refractivity contribution is 9.09. The summed E-state index contributed by atoms with van der Waals surface area (Å²) in [5.41, 5.74) is 0. The van der Waals surface area contributed by atoms with Crippen molar-refractivity contribution < 1.29 is 9.18 Å². The number of halogens is 2. The van der Waals surface area contributed by atoms with Gasteiger partial charge in [-0.1, -0.05) is 41.6 Å². The SMILES string of the molecule is CC(=O)CCCCCCCC[C@@H](F)Br. The van der Waals surface area contributed by atoms with Crippen LogP contribution in [0.5, 0.6) is 0 Å². The Bertz CT molecular complexity index is 148. The highest BCUT2D eigenvalue weighted by Gasteiger charge is 1.99. The van der Waals surface area contributed by atoms with Crippen molar-refractivity contribution >= 4 is 21.7 Å². The van der Waals surface area contributed by atoms with Crippen LogP contribution in [0.3, 0.4) is 0 Å². The van der Waals surface area contributed by atoms with Crippen LogP contribution in [0.25, 0.3) is 0 Å². The Hall–Kier alpha value is 0.0800. The summed E-state index contributed by atoms with van der Waals surface area (Å²) in [6.45, 7) is 1.64. The summed E-state index contributed by atoms with van der Waals surface area (Å²) in [7, 11) is 0. The molecule has 0 fully saturated rings. The molecule has 0 aliphatic rings. The minimum absolute atomic E-state index is 0.282. The second-order valence-electron chi connectivity index (χ2n) is 3.75. The van der Waals surface area contributed by atoms with Gasteiger partial charge in [0.05, 0.1) is 0 Å². The van der Waals surface area contributed by atoms with Crippen LogP contribution in [0.15, 0.2) is 0 Å². The summed E-state index contributed by atoms with van der Waals surface area (Å²) in [5, 5.41) is -0.833. The lowest BCUT2D eigenvalue weighted by molar-refractivity contribution is -0.117. The van der Waals surface area contributed by atoms with E-state index in [1.807, 2.05) is 0 Å². The van der Waals surface area contributed by atoms with Crippen LogP contribution in [-0.2, 0) is 4.79 Å². The largest absolute Gasteiger partial charge is 0.300 e. The van der Waals surface area contributed by atoms with E-state index in [9.17, 15) is 9.18 Å². The van der Waals surface area contributed by atoms with Gasteiger partial charge in [-0.05, 0) is 26.2 Å². The average Bonchev–Trinajstić information content (AvgIpc) is 2.08. The van der Waals surface area contributed by atoms with Crippen molar-refractivity contribution in [1.82, 2.24) is 0 Å². The molecular weight excluding hydrogens is 247 g/mol. The molecule has 0 aromatic rings. The number of rotatable bonds is 9. The van der Waals surface area contributed by atoms with Crippen molar-refractivity contribution in [2.45, 2.75) is 63.4 Å². The normalized spacial score (nSPS) is 12.8. The van der Waals surface area contributed by atoms with E-state index in [1.165, 1.54) is 6.42 Å². The van der Waals surface area contributed by atoms with Crippen LogP contribution in [-0.4, -0.2) is 10.9 Å². The first kappa shape index (κ1) is 14.1. The van der Waals surface area contributed by atoms with Crippen LogP contribution < -0.4 is 0 Å². The molecule has 0 saturated heterocycles. The van der Waals surface area contributed by atoms with Gasteiger partial charge in [-0.2, -0.15) is 0 Å². The number of carbonyl (C=O) groups excluding carboxylic acids is 1. The molecular formula is C11H20BrFO. The quantitative estimate of drug-likeness (QED) is 0.447. The van der Waals surface area contributed by atoms with Crippen molar-refractivity contribution in [3.63, 3.8) is 0 Å². The van der Waals surface area contributed by atoms with E-state index < -0.39 is 5.08 Å². The smallest absolute Gasteiger partial charge is 0.154 e. The molecule has 0 radical (unpaired) electrons. The van der Waals surface area contributed by atoms with Gasteiger partial charge >= 0.3 is 0 Å². The molecule has 0 aromatic carbocycles. The van der Waals surface area contributed by atoms with Crippen LogP contribution in [0, 0.1) is 0 Å². The number of hydrogen-bond acceptors (Lipinski definition) is 1. The number of alkyl halides is 2. The van der Waals surface area contributed by atoms with E-state index in [-0.39, 0.29) is 5.78 Å². The Morgan fingerprint density at radius 3 is 2.14 bits per heavy atom. The van der Waals surface area contributed by atoms with Crippen LogP contribution >= 0.6 is 15.9 Å². The van der Waals surface area contributed by atoms with Gasteiger partial charge in [0.1, 0.15) is 5.78 Å². The van der Waals surface area contributed by atoms with E-state index in [1.54, 1.807) is 6.92 Å². The summed E-state index contributed by atoms with van der Waals surface area (Å²) in [6, 6.07) is 0. The molecule has 0 aromatic heterocycles. The first-order valence-corrected chi connectivity index (χ1v) is 6.32. The van der Waals surface area contributed by atoms with Gasteiger partial charge in [-0.25, -0.2) is 4.39 Å². The van der Waals surface area contributed by atoms with Crippen molar-refractivity contribution in [3.8, 4) is 0 Å². The van der Waals surface area contributed by atoms with E-state index in [0.29, 0.717) is 12.8 Å². The van der Waals surface area contributed by atoms with Gasteiger partial charge in [0.2, 0.25) is 0 Å². The summed E-state index contributed by atoms with van der Waals surface area (Å²) >= 11 is 2.88. The maximum absolute atomic E-state index is 12.3. The summed E-state index contributed by atoms with van der Waals surface area (Å²) in [4.78, 5) is 10.6. The van der Waals surface area contributed by atoms with E-state index in [0.717, 1.165) is 32.1 Å². The summed E-state index contributed by atoms with van der Waals surface area (Å²) < 4.78 is 12.3. The van der Waals surface area contributed by atoms with Crippen molar-refractivity contribution in [2.24, 2.45) is 0 Å². The van der Waals surface area contributed by atoms with Gasteiger partial charge in [0.25, 0.3) is 0 Å². The van der Waals surface area contributed by atoms with Crippen LogP contribution in [0.1, 0.15) is 58.3 Å². The summed E-state index contributed by atoms with van der Waals surface area (Å²) in [5.74, 6) is 0.282. The molecule has 0 rings (SSSR count). The fourth-order valence-electron chi connectivity index (χ4n) is 1.38. The Morgan fingerprint density at radius 1 is 1.14 bits per heavy atom. The zero-order chi connectivity index (χ0) is 10.8. The third kappa shape index (κ3) is 12.1. The zero-order valence-electron chi connectivity index (χ0n) is 8.90. The fraction of sp³-hybridized carbons (Fsp3) is 0.909. The number of ketones is 1. The van der Waals surface area contributed by atoms with Crippen molar-refractivity contribution in [3.05, 3.63) is 0 Å². The molecule has 3 heteroatoms. The van der Waals surface area contributed by atoms with Gasteiger partial charge in [-0.15, -0.1) is 0 Å². The van der Waals surface area contributed by atoms with Crippen LogP contribution in [0.2, 0.25) is 0 Å². The molecule has 0 heterocycles. The highest BCUT2D eigenvalue weighted by Crippen LogP contribution is 2.13. The lowest BCUT2D eigenvalue weighted by Gasteiger charge is -2.01. The van der Waals surface area contributed by atoms with Gasteiger partial charge in [0.15, 0.2) is 5.08 Å². The minimum Gasteiger partial charge on any atom is -0.300 e. The Labute approximate surface area is 94.6 Å². The van der Waals surface area contributed by atoms with Gasteiger partial charge in [-0.3, -0.25) is 0 Å². The monoisotopic (exact) mass is 266 g/mol. The van der Waals surface area contributed by atoms with E-state index in [4.69, 9.17) is 0 Å². The van der Waals surface area contributed by atoms with Crippen LogP contribution in [0.4, 0.5) is 4.39 Å². The molecule has 0 spiro atoms. The number of carbonyl (C=O) groups is 1. The molecule has 1 nitrogen and oxygen atoms in total. The Kier molecular flexibility index (Phi) is 9.68. The second-order valence-corrected chi connectivity index (χ2v) is 4.75. The maximum Gasteiger partial charge on any atom is 0.154 e. The second kappa shape index (κ2) is 9.63. The molecule has 0 saturated carbocycles. The first-order valence-electron chi connectivity index (χ1n) is 5.40. The van der Waals surface area contributed by atoms with Gasteiger partial charge < -0.3 is 4.79 Å². The molecule has 0 aliphatic heterocycles. The van der Waals surface area contributed by atoms with Crippen molar-refractivity contribution in [1.29, 1.82) is 0 Å². The van der Waals surface area contributed by atoms with Crippen molar-refractivity contribution in [2.75, 3.05) is 0 Å². The van der Waals surface area contributed by atoms with E-state index in [2.05, 4.69) is 15.9 Å². The third-order valence-electron chi connectivity index (χ3n) is 2.20. The molecule has 1 atom stereocenters. The highest BCUT2D eigenvalue weighted by atomic mass is 79.9. The number of unbranched alkanes of at least 4 members (excludes halogenated alkanes) is 5.